The Kier molecular flexibility index (Phi) is 5.48. The minimum Gasteiger partial charge on any atom is -0.497 e. The van der Waals surface area contributed by atoms with Crippen LogP contribution in [0.15, 0.2) is 59.5 Å². The van der Waals surface area contributed by atoms with E-state index in [1.54, 1.807) is 31.5 Å². The highest BCUT2D eigenvalue weighted by Crippen LogP contribution is 2.18. The molecule has 3 rings (SSSR count). The Hall–Kier alpha value is -3.35. The van der Waals surface area contributed by atoms with Crippen LogP contribution < -0.4 is 20.3 Å². The average molecular weight is 353 g/mol. The third kappa shape index (κ3) is 4.18. The van der Waals surface area contributed by atoms with Crippen LogP contribution in [0.1, 0.15) is 0 Å². The molecule has 7 nitrogen and oxygen atoms in total. The summed E-state index contributed by atoms with van der Waals surface area (Å²) in [5, 5.41) is 8.04. The van der Waals surface area contributed by atoms with E-state index in [1.165, 1.54) is 0 Å². The van der Waals surface area contributed by atoms with Gasteiger partial charge < -0.3 is 14.8 Å². The summed E-state index contributed by atoms with van der Waals surface area (Å²) in [5.41, 5.74) is -0.286. The highest BCUT2D eigenvalue weighted by Gasteiger charge is 2.08. The minimum absolute atomic E-state index is 0.136. The normalized spacial score (nSPS) is 10.5. The molecule has 0 aliphatic heterocycles. The van der Waals surface area contributed by atoms with Gasteiger partial charge in [-0.25, -0.2) is 4.68 Å². The number of hydrogen-bond acceptors (Lipinski definition) is 5. The molecule has 1 N–H and O–H groups in total. The molecule has 1 amide bonds. The Bertz CT molecular complexity index is 968. The zero-order chi connectivity index (χ0) is 18.4. The molecule has 2 aromatic carbocycles. The van der Waals surface area contributed by atoms with Gasteiger partial charge in [-0.05, 0) is 18.2 Å². The number of benzene rings is 2. The fourth-order valence-electron chi connectivity index (χ4n) is 2.48. The summed E-state index contributed by atoms with van der Waals surface area (Å²) in [4.78, 5) is 24.3. The molecule has 0 bridgehead atoms. The van der Waals surface area contributed by atoms with E-state index in [1.807, 2.05) is 30.3 Å². The van der Waals surface area contributed by atoms with Crippen molar-refractivity contribution in [3.05, 3.63) is 65.1 Å². The molecular formula is C19H19N3O4. The molecule has 134 valence electrons. The number of nitrogens with one attached hydrogen (secondary N) is 1. The third-order valence-corrected chi connectivity index (χ3v) is 3.79. The van der Waals surface area contributed by atoms with Crippen LogP contribution in [0, 0.1) is 0 Å². The summed E-state index contributed by atoms with van der Waals surface area (Å²) in [6.07, 6.45) is 1.58. The van der Waals surface area contributed by atoms with Crippen LogP contribution in [-0.2, 0) is 11.3 Å². The smallest absolute Gasteiger partial charge is 0.275 e. The summed E-state index contributed by atoms with van der Waals surface area (Å²) < 4.78 is 11.8. The third-order valence-electron chi connectivity index (χ3n) is 3.79. The van der Waals surface area contributed by atoms with Crippen molar-refractivity contribution in [3.8, 4) is 11.5 Å². The van der Waals surface area contributed by atoms with Crippen molar-refractivity contribution in [1.82, 2.24) is 15.1 Å². The average Bonchev–Trinajstić information content (AvgIpc) is 2.68. The topological polar surface area (TPSA) is 82.4 Å². The number of rotatable bonds is 7. The molecule has 0 aliphatic carbocycles. The molecule has 0 aliphatic rings. The summed E-state index contributed by atoms with van der Waals surface area (Å²) in [6, 6.07) is 14.4. The van der Waals surface area contributed by atoms with Crippen LogP contribution in [0.4, 0.5) is 0 Å². The molecule has 0 saturated heterocycles. The number of hydrogen-bond donors (Lipinski definition) is 1. The first-order chi connectivity index (χ1) is 12.7. The highest BCUT2D eigenvalue weighted by atomic mass is 16.5. The van der Waals surface area contributed by atoms with Crippen LogP contribution in [0.5, 0.6) is 11.5 Å². The molecule has 0 atom stereocenters. The lowest BCUT2D eigenvalue weighted by Crippen LogP contribution is -2.35. The molecule has 7 heteroatoms. The van der Waals surface area contributed by atoms with Crippen molar-refractivity contribution >= 4 is 16.7 Å². The SMILES string of the molecule is COc1cccc(OCCNC(=O)Cn2ncc3ccccc3c2=O)c1. The maximum Gasteiger partial charge on any atom is 0.275 e. The van der Waals surface area contributed by atoms with Gasteiger partial charge in [-0.2, -0.15) is 5.10 Å². The Labute approximate surface area is 150 Å². The van der Waals surface area contributed by atoms with Crippen molar-refractivity contribution in [2.24, 2.45) is 0 Å². The maximum absolute atomic E-state index is 12.3. The van der Waals surface area contributed by atoms with Gasteiger partial charge in [0, 0.05) is 11.5 Å². The van der Waals surface area contributed by atoms with Gasteiger partial charge in [0.15, 0.2) is 0 Å². The molecule has 1 aromatic heterocycles. The van der Waals surface area contributed by atoms with Crippen LogP contribution >= 0.6 is 0 Å². The molecule has 0 radical (unpaired) electrons. The molecular weight excluding hydrogens is 334 g/mol. The standard InChI is InChI=1S/C19H19N3O4/c1-25-15-6-4-7-16(11-15)26-10-9-20-18(23)13-22-19(24)17-8-3-2-5-14(17)12-21-22/h2-8,11-12H,9-10,13H2,1H3,(H,20,23). The quantitative estimate of drug-likeness (QED) is 0.653. The van der Waals surface area contributed by atoms with E-state index in [-0.39, 0.29) is 18.0 Å². The summed E-state index contributed by atoms with van der Waals surface area (Å²) >= 11 is 0. The Morgan fingerprint density at radius 2 is 1.96 bits per heavy atom. The minimum atomic E-state index is -0.302. The number of amides is 1. The van der Waals surface area contributed by atoms with E-state index in [4.69, 9.17) is 9.47 Å². The number of methoxy groups -OCH3 is 1. The van der Waals surface area contributed by atoms with E-state index in [0.29, 0.717) is 30.0 Å². The van der Waals surface area contributed by atoms with Crippen molar-refractivity contribution in [1.29, 1.82) is 0 Å². The monoisotopic (exact) mass is 353 g/mol. The van der Waals surface area contributed by atoms with Crippen molar-refractivity contribution in [2.45, 2.75) is 6.54 Å². The fourth-order valence-corrected chi connectivity index (χ4v) is 2.48. The van der Waals surface area contributed by atoms with Crippen LogP contribution in [-0.4, -0.2) is 35.9 Å². The van der Waals surface area contributed by atoms with Gasteiger partial charge in [0.25, 0.3) is 5.56 Å². The second-order valence-corrected chi connectivity index (χ2v) is 5.57. The molecule has 0 saturated carbocycles. The molecule has 0 unspecified atom stereocenters. The Morgan fingerprint density at radius 3 is 2.81 bits per heavy atom. The Balaban J connectivity index is 1.51. The van der Waals surface area contributed by atoms with E-state index in [2.05, 4.69) is 10.4 Å². The molecule has 0 spiro atoms. The predicted molar refractivity (Wildman–Crippen MR) is 97.5 cm³/mol. The van der Waals surface area contributed by atoms with Crippen molar-refractivity contribution in [3.63, 3.8) is 0 Å². The van der Waals surface area contributed by atoms with E-state index in [9.17, 15) is 9.59 Å². The number of carbonyl (C=O) groups excluding carboxylic acids is 1. The largest absolute Gasteiger partial charge is 0.497 e. The van der Waals surface area contributed by atoms with Crippen molar-refractivity contribution < 1.29 is 14.3 Å². The summed E-state index contributed by atoms with van der Waals surface area (Å²) in [5.74, 6) is 1.06. The van der Waals surface area contributed by atoms with Gasteiger partial charge in [0.1, 0.15) is 24.7 Å². The number of ether oxygens (including phenoxy) is 2. The van der Waals surface area contributed by atoms with Crippen LogP contribution in [0.3, 0.4) is 0 Å². The first-order valence-electron chi connectivity index (χ1n) is 8.16. The van der Waals surface area contributed by atoms with E-state index >= 15 is 0 Å². The summed E-state index contributed by atoms with van der Waals surface area (Å²) in [7, 11) is 1.59. The van der Waals surface area contributed by atoms with Gasteiger partial charge in [-0.1, -0.05) is 24.3 Å². The fraction of sp³-hybridized carbons (Fsp3) is 0.211. The summed E-state index contributed by atoms with van der Waals surface area (Å²) in [6.45, 7) is 0.486. The number of fused-ring (bicyclic) bond motifs is 1. The van der Waals surface area contributed by atoms with Gasteiger partial charge in [-0.3, -0.25) is 9.59 Å². The molecule has 3 aromatic rings. The zero-order valence-electron chi connectivity index (χ0n) is 14.3. The second kappa shape index (κ2) is 8.15. The van der Waals surface area contributed by atoms with Gasteiger partial charge in [0.2, 0.25) is 5.91 Å². The lowest BCUT2D eigenvalue weighted by atomic mass is 10.2. The first-order valence-corrected chi connectivity index (χ1v) is 8.16. The van der Waals surface area contributed by atoms with Crippen LogP contribution in [0.2, 0.25) is 0 Å². The molecule has 0 fully saturated rings. The number of nitrogens with zero attached hydrogens (tertiary/aromatic N) is 2. The maximum atomic E-state index is 12.3. The second-order valence-electron chi connectivity index (χ2n) is 5.57. The lowest BCUT2D eigenvalue weighted by molar-refractivity contribution is -0.122. The van der Waals surface area contributed by atoms with Gasteiger partial charge in [0.05, 0.1) is 25.2 Å². The molecule has 1 heterocycles. The Morgan fingerprint density at radius 1 is 1.15 bits per heavy atom. The number of carbonyl (C=O) groups is 1. The van der Waals surface area contributed by atoms with E-state index < -0.39 is 0 Å². The predicted octanol–water partition coefficient (Wildman–Crippen LogP) is 1.60. The molecule has 26 heavy (non-hydrogen) atoms. The first kappa shape index (κ1) is 17.5. The number of aromatic nitrogens is 2. The van der Waals surface area contributed by atoms with Gasteiger partial charge in [-0.15, -0.1) is 0 Å². The lowest BCUT2D eigenvalue weighted by Gasteiger charge is -2.09. The van der Waals surface area contributed by atoms with Crippen molar-refractivity contribution in [2.75, 3.05) is 20.3 Å². The van der Waals surface area contributed by atoms with Crippen LogP contribution in [0.25, 0.3) is 10.8 Å². The van der Waals surface area contributed by atoms with E-state index in [0.717, 1.165) is 10.1 Å². The highest BCUT2D eigenvalue weighted by molar-refractivity contribution is 5.81. The zero-order valence-corrected chi connectivity index (χ0v) is 14.3. The van der Waals surface area contributed by atoms with Gasteiger partial charge >= 0.3 is 0 Å².